The van der Waals surface area contributed by atoms with Crippen molar-refractivity contribution in [3.63, 3.8) is 0 Å². The maximum absolute atomic E-state index is 12.7. The number of alkyl halides is 3. The number of aromatic nitrogens is 2. The molecule has 21 heavy (non-hydrogen) atoms. The van der Waals surface area contributed by atoms with Crippen LogP contribution >= 0.6 is 27.5 Å². The van der Waals surface area contributed by atoms with Crippen molar-refractivity contribution in [1.29, 1.82) is 0 Å². The van der Waals surface area contributed by atoms with Crippen molar-refractivity contribution < 1.29 is 13.2 Å². The van der Waals surface area contributed by atoms with Gasteiger partial charge >= 0.3 is 6.18 Å². The third-order valence-electron chi connectivity index (χ3n) is 2.32. The smallest absolute Gasteiger partial charge is 0.339 e. The number of benzene rings is 1. The van der Waals surface area contributed by atoms with Gasteiger partial charge in [-0.1, -0.05) is 11.6 Å². The van der Waals surface area contributed by atoms with E-state index in [0.717, 1.165) is 0 Å². The molecule has 0 atom stereocenters. The highest BCUT2D eigenvalue weighted by Crippen LogP contribution is 2.31. The summed E-state index contributed by atoms with van der Waals surface area (Å²) in [6, 6.07) is 6.02. The molecule has 1 aromatic heterocycles. The monoisotopic (exact) mass is 381 g/mol. The van der Waals surface area contributed by atoms with Crippen LogP contribution in [0.15, 0.2) is 28.7 Å². The largest absolute Gasteiger partial charge is 0.451 e. The lowest BCUT2D eigenvalue weighted by Crippen LogP contribution is -2.16. The molecule has 0 aliphatic heterocycles. The molecule has 2 rings (SSSR count). The van der Waals surface area contributed by atoms with Crippen LogP contribution in [0.3, 0.4) is 0 Å². The Morgan fingerprint density at radius 2 is 1.81 bits per heavy atom. The number of nitrogen functional groups attached to an aromatic ring is 1. The van der Waals surface area contributed by atoms with Crippen LogP contribution < -0.4 is 16.6 Å². The molecule has 0 aliphatic carbocycles. The number of halogens is 5. The summed E-state index contributed by atoms with van der Waals surface area (Å²) in [5, 5.41) is 3.22. The Labute approximate surface area is 130 Å². The van der Waals surface area contributed by atoms with Gasteiger partial charge in [-0.15, -0.1) is 0 Å². The standard InChI is InChI=1S/C11H8BrClF3N5/c12-6-3-5(13)1-2-7(6)18-8-4-9(21-17)20-10(19-8)11(14,15)16/h1-4H,17H2,(H2,18,19,20,21). The van der Waals surface area contributed by atoms with Gasteiger partial charge in [-0.05, 0) is 34.1 Å². The van der Waals surface area contributed by atoms with E-state index >= 15 is 0 Å². The Bertz CT molecular complexity index is 665. The van der Waals surface area contributed by atoms with Crippen LogP contribution in [0, 0.1) is 0 Å². The predicted molar refractivity (Wildman–Crippen MR) is 77.3 cm³/mol. The quantitative estimate of drug-likeness (QED) is 0.554. The summed E-state index contributed by atoms with van der Waals surface area (Å²) >= 11 is 9.04. The van der Waals surface area contributed by atoms with E-state index in [-0.39, 0.29) is 11.6 Å². The van der Waals surface area contributed by atoms with Crippen LogP contribution in [-0.4, -0.2) is 9.97 Å². The van der Waals surface area contributed by atoms with E-state index in [1.807, 2.05) is 0 Å². The SMILES string of the molecule is NNc1cc(Nc2ccc(Cl)cc2Br)nc(C(F)(F)F)n1. The van der Waals surface area contributed by atoms with Gasteiger partial charge in [0.2, 0.25) is 5.82 Å². The van der Waals surface area contributed by atoms with E-state index in [4.69, 9.17) is 17.4 Å². The zero-order chi connectivity index (χ0) is 15.6. The molecular formula is C11H8BrClF3N5. The molecule has 2 aromatic rings. The van der Waals surface area contributed by atoms with Crippen LogP contribution in [0.25, 0.3) is 0 Å². The second-order valence-electron chi connectivity index (χ2n) is 3.85. The molecule has 4 N–H and O–H groups in total. The Hall–Kier alpha value is -1.58. The molecule has 1 aromatic carbocycles. The highest BCUT2D eigenvalue weighted by molar-refractivity contribution is 9.10. The van der Waals surface area contributed by atoms with Crippen molar-refractivity contribution in [1.82, 2.24) is 9.97 Å². The highest BCUT2D eigenvalue weighted by atomic mass is 79.9. The molecule has 10 heteroatoms. The van der Waals surface area contributed by atoms with E-state index in [1.54, 1.807) is 18.2 Å². The summed E-state index contributed by atoms with van der Waals surface area (Å²) < 4.78 is 38.7. The van der Waals surface area contributed by atoms with E-state index in [2.05, 4.69) is 36.6 Å². The number of hydrazine groups is 1. The summed E-state index contributed by atoms with van der Waals surface area (Å²) in [6.45, 7) is 0. The Morgan fingerprint density at radius 3 is 2.38 bits per heavy atom. The molecule has 112 valence electrons. The van der Waals surface area contributed by atoms with Crippen molar-refractivity contribution in [3.8, 4) is 0 Å². The average molecular weight is 383 g/mol. The molecule has 0 bridgehead atoms. The van der Waals surface area contributed by atoms with Crippen molar-refractivity contribution in [2.24, 2.45) is 5.84 Å². The lowest BCUT2D eigenvalue weighted by atomic mass is 10.3. The lowest BCUT2D eigenvalue weighted by molar-refractivity contribution is -0.144. The Balaban J connectivity index is 2.39. The van der Waals surface area contributed by atoms with Gasteiger partial charge < -0.3 is 10.7 Å². The van der Waals surface area contributed by atoms with Crippen molar-refractivity contribution in [2.45, 2.75) is 6.18 Å². The first kappa shape index (κ1) is 15.8. The predicted octanol–water partition coefficient (Wildman–Crippen LogP) is 3.94. The molecule has 0 saturated carbocycles. The van der Waals surface area contributed by atoms with E-state index in [1.165, 1.54) is 6.07 Å². The number of hydrogen-bond acceptors (Lipinski definition) is 5. The van der Waals surface area contributed by atoms with Crippen LogP contribution in [0.4, 0.5) is 30.5 Å². The normalized spacial score (nSPS) is 11.3. The van der Waals surface area contributed by atoms with Crippen LogP contribution in [0.1, 0.15) is 5.82 Å². The third kappa shape index (κ3) is 3.96. The summed E-state index contributed by atoms with van der Waals surface area (Å²) in [5.74, 6) is 3.59. The van der Waals surface area contributed by atoms with Crippen LogP contribution in [0.5, 0.6) is 0 Å². The van der Waals surface area contributed by atoms with Gasteiger partial charge in [-0.3, -0.25) is 0 Å². The minimum Gasteiger partial charge on any atom is -0.339 e. The maximum Gasteiger partial charge on any atom is 0.451 e. The van der Waals surface area contributed by atoms with Gasteiger partial charge in [-0.2, -0.15) is 13.2 Å². The first-order valence-electron chi connectivity index (χ1n) is 5.44. The highest BCUT2D eigenvalue weighted by Gasteiger charge is 2.35. The number of nitrogens with one attached hydrogen (secondary N) is 2. The number of nitrogens with zero attached hydrogens (tertiary/aromatic N) is 2. The Morgan fingerprint density at radius 1 is 1.14 bits per heavy atom. The molecule has 1 heterocycles. The maximum atomic E-state index is 12.7. The molecule has 5 nitrogen and oxygen atoms in total. The minimum atomic E-state index is -4.68. The second kappa shape index (κ2) is 6.04. The second-order valence-corrected chi connectivity index (χ2v) is 5.14. The van der Waals surface area contributed by atoms with E-state index in [0.29, 0.717) is 15.2 Å². The first-order valence-corrected chi connectivity index (χ1v) is 6.61. The molecule has 0 fully saturated rings. The number of rotatable bonds is 3. The van der Waals surface area contributed by atoms with Crippen molar-refractivity contribution in [2.75, 3.05) is 10.7 Å². The van der Waals surface area contributed by atoms with Gasteiger partial charge in [-0.25, -0.2) is 15.8 Å². The fraction of sp³-hybridized carbons (Fsp3) is 0.0909. The molecule has 0 unspecified atom stereocenters. The third-order valence-corrected chi connectivity index (χ3v) is 3.21. The van der Waals surface area contributed by atoms with Gasteiger partial charge in [0.1, 0.15) is 11.6 Å². The van der Waals surface area contributed by atoms with Gasteiger partial charge in [0.05, 0.1) is 5.69 Å². The fourth-order valence-electron chi connectivity index (χ4n) is 1.44. The molecule has 0 radical (unpaired) electrons. The summed E-state index contributed by atoms with van der Waals surface area (Å²) in [4.78, 5) is 6.67. The summed E-state index contributed by atoms with van der Waals surface area (Å²) in [7, 11) is 0. The zero-order valence-corrected chi connectivity index (χ0v) is 12.5. The van der Waals surface area contributed by atoms with Gasteiger partial charge in [0.25, 0.3) is 0 Å². The zero-order valence-electron chi connectivity index (χ0n) is 10.2. The molecule has 0 saturated heterocycles. The van der Waals surface area contributed by atoms with Gasteiger partial charge in [0.15, 0.2) is 0 Å². The average Bonchev–Trinajstić information content (AvgIpc) is 2.40. The van der Waals surface area contributed by atoms with Crippen molar-refractivity contribution in [3.05, 3.63) is 39.6 Å². The van der Waals surface area contributed by atoms with Crippen LogP contribution in [0.2, 0.25) is 5.02 Å². The minimum absolute atomic E-state index is 0.0618. The molecule has 0 amide bonds. The lowest BCUT2D eigenvalue weighted by Gasteiger charge is -2.12. The molecule has 0 spiro atoms. The van der Waals surface area contributed by atoms with Gasteiger partial charge in [0, 0.05) is 15.6 Å². The summed E-state index contributed by atoms with van der Waals surface area (Å²) in [6.07, 6.45) is -4.68. The Kier molecular flexibility index (Phi) is 4.55. The number of nitrogens with two attached hydrogens (primary N) is 1. The topological polar surface area (TPSA) is 75.9 Å². The molecular weight excluding hydrogens is 375 g/mol. The number of anilines is 3. The van der Waals surface area contributed by atoms with Crippen LogP contribution in [-0.2, 0) is 6.18 Å². The molecule has 0 aliphatic rings. The summed E-state index contributed by atoms with van der Waals surface area (Å²) in [5.41, 5.74) is 2.56. The van der Waals surface area contributed by atoms with E-state index in [9.17, 15) is 13.2 Å². The van der Waals surface area contributed by atoms with E-state index < -0.39 is 12.0 Å². The fourth-order valence-corrected chi connectivity index (χ4v) is 2.22. The van der Waals surface area contributed by atoms with Crippen molar-refractivity contribution >= 4 is 44.9 Å². The first-order chi connectivity index (χ1) is 9.79. The number of hydrogen-bond donors (Lipinski definition) is 3.